The van der Waals surface area contributed by atoms with Crippen molar-refractivity contribution in [1.29, 1.82) is 0 Å². The van der Waals surface area contributed by atoms with Crippen LogP contribution in [0.5, 0.6) is 11.5 Å². The van der Waals surface area contributed by atoms with Gasteiger partial charge in [-0.15, -0.1) is 0 Å². The number of hydrogen-bond acceptors (Lipinski definition) is 4. The Morgan fingerprint density at radius 3 is 2.47 bits per heavy atom. The Bertz CT molecular complexity index is 644. The fourth-order valence-electron chi connectivity index (χ4n) is 1.49. The van der Waals surface area contributed by atoms with E-state index in [2.05, 4.69) is 21.2 Å². The molecule has 0 atom stereocenters. The molecule has 0 saturated heterocycles. The zero-order valence-corrected chi connectivity index (χ0v) is 11.3. The summed E-state index contributed by atoms with van der Waals surface area (Å²) in [7, 11) is 0. The van der Waals surface area contributed by atoms with Gasteiger partial charge in [-0.1, -0.05) is 0 Å². The van der Waals surface area contributed by atoms with Crippen LogP contribution in [0.15, 0.2) is 40.9 Å². The first-order valence-corrected chi connectivity index (χ1v) is 6.15. The minimum atomic E-state index is -0.402. The largest absolute Gasteiger partial charge is 0.504 e. The number of halogens is 1. The molecule has 0 saturated carbocycles. The fourth-order valence-corrected chi connectivity index (χ4v) is 1.99. The van der Waals surface area contributed by atoms with Crippen molar-refractivity contribution in [3.05, 3.63) is 46.4 Å². The number of nitrogens with one attached hydrogen (secondary N) is 1. The van der Waals surface area contributed by atoms with Crippen molar-refractivity contribution < 1.29 is 15.0 Å². The average molecular weight is 323 g/mol. The summed E-state index contributed by atoms with van der Waals surface area (Å²) < 4.78 is 0.656. The molecule has 0 aromatic heterocycles. The molecule has 98 valence electrons. The minimum Gasteiger partial charge on any atom is -0.504 e. The zero-order chi connectivity index (χ0) is 14.0. The molecule has 0 radical (unpaired) electrons. The number of benzene rings is 2. The molecule has 0 spiro atoms. The molecule has 5 N–H and O–H groups in total. The van der Waals surface area contributed by atoms with Gasteiger partial charge in [-0.3, -0.25) is 4.79 Å². The zero-order valence-electron chi connectivity index (χ0n) is 9.72. The Labute approximate surface area is 117 Å². The van der Waals surface area contributed by atoms with Gasteiger partial charge in [0.05, 0.1) is 5.69 Å². The standard InChI is InChI=1S/C13H11BrN2O3/c14-9-6-8(15)2-3-10(9)16-13(19)7-1-4-11(17)12(18)5-7/h1-6,17-18H,15H2,(H,16,19). The van der Waals surface area contributed by atoms with Crippen molar-refractivity contribution >= 4 is 33.2 Å². The van der Waals surface area contributed by atoms with Gasteiger partial charge in [-0.05, 0) is 52.3 Å². The van der Waals surface area contributed by atoms with Gasteiger partial charge in [0.15, 0.2) is 11.5 Å². The summed E-state index contributed by atoms with van der Waals surface area (Å²) in [6, 6.07) is 8.85. The molecule has 2 aromatic carbocycles. The van der Waals surface area contributed by atoms with E-state index >= 15 is 0 Å². The van der Waals surface area contributed by atoms with Gasteiger partial charge in [0.2, 0.25) is 0 Å². The highest BCUT2D eigenvalue weighted by atomic mass is 79.9. The first-order valence-electron chi connectivity index (χ1n) is 5.36. The predicted molar refractivity (Wildman–Crippen MR) is 76.3 cm³/mol. The van der Waals surface area contributed by atoms with Crippen molar-refractivity contribution in [3.8, 4) is 11.5 Å². The summed E-state index contributed by atoms with van der Waals surface area (Å²) >= 11 is 3.29. The van der Waals surface area contributed by atoms with Crippen LogP contribution in [-0.4, -0.2) is 16.1 Å². The van der Waals surface area contributed by atoms with Crippen LogP contribution in [0.2, 0.25) is 0 Å². The van der Waals surface area contributed by atoms with E-state index in [0.717, 1.165) is 0 Å². The molecule has 0 bridgehead atoms. The third-order valence-electron chi connectivity index (χ3n) is 2.48. The molecular formula is C13H11BrN2O3. The van der Waals surface area contributed by atoms with Crippen LogP contribution in [0, 0.1) is 0 Å². The number of nitrogen functional groups attached to an aromatic ring is 1. The van der Waals surface area contributed by atoms with E-state index in [-0.39, 0.29) is 17.1 Å². The van der Waals surface area contributed by atoms with E-state index < -0.39 is 5.91 Å². The molecule has 0 unspecified atom stereocenters. The molecule has 0 aliphatic rings. The number of phenols is 2. The summed E-state index contributed by atoms with van der Waals surface area (Å²) in [6.45, 7) is 0. The first-order chi connectivity index (χ1) is 8.97. The van der Waals surface area contributed by atoms with Crippen molar-refractivity contribution in [3.63, 3.8) is 0 Å². The number of phenolic OH excluding ortho intramolecular Hbond substituents is 2. The molecule has 0 aliphatic carbocycles. The maximum Gasteiger partial charge on any atom is 0.255 e. The molecule has 0 aliphatic heterocycles. The lowest BCUT2D eigenvalue weighted by molar-refractivity contribution is 0.102. The molecule has 0 heterocycles. The number of nitrogens with two attached hydrogens (primary N) is 1. The average Bonchev–Trinajstić information content (AvgIpc) is 2.36. The number of aromatic hydroxyl groups is 2. The van der Waals surface area contributed by atoms with Gasteiger partial charge >= 0.3 is 0 Å². The van der Waals surface area contributed by atoms with Crippen molar-refractivity contribution in [2.45, 2.75) is 0 Å². The fraction of sp³-hybridized carbons (Fsp3) is 0. The SMILES string of the molecule is Nc1ccc(NC(=O)c2ccc(O)c(O)c2)c(Br)c1. The molecule has 1 amide bonds. The summed E-state index contributed by atoms with van der Waals surface area (Å²) in [5.74, 6) is -1.02. The van der Waals surface area contributed by atoms with Crippen LogP contribution in [0.3, 0.4) is 0 Å². The van der Waals surface area contributed by atoms with Gasteiger partial charge in [-0.2, -0.15) is 0 Å². The van der Waals surface area contributed by atoms with Crippen LogP contribution in [0.25, 0.3) is 0 Å². The lowest BCUT2D eigenvalue weighted by Gasteiger charge is -2.08. The number of carbonyl (C=O) groups is 1. The van der Waals surface area contributed by atoms with Crippen LogP contribution >= 0.6 is 15.9 Å². The highest BCUT2D eigenvalue weighted by molar-refractivity contribution is 9.10. The van der Waals surface area contributed by atoms with E-state index in [1.165, 1.54) is 18.2 Å². The second-order valence-electron chi connectivity index (χ2n) is 3.90. The Kier molecular flexibility index (Phi) is 3.62. The minimum absolute atomic E-state index is 0.235. The monoisotopic (exact) mass is 322 g/mol. The molecule has 0 fully saturated rings. The highest BCUT2D eigenvalue weighted by Gasteiger charge is 2.10. The summed E-state index contributed by atoms with van der Waals surface area (Å²) in [5, 5.41) is 21.2. The number of rotatable bonds is 2. The van der Waals surface area contributed by atoms with E-state index in [1.54, 1.807) is 18.2 Å². The maximum atomic E-state index is 12.0. The lowest BCUT2D eigenvalue weighted by Crippen LogP contribution is -2.12. The highest BCUT2D eigenvalue weighted by Crippen LogP contribution is 2.27. The molecule has 6 heteroatoms. The Balaban J connectivity index is 2.23. The van der Waals surface area contributed by atoms with Gasteiger partial charge in [-0.25, -0.2) is 0 Å². The second-order valence-corrected chi connectivity index (χ2v) is 4.75. The molecule has 2 aromatic rings. The molecule has 2 rings (SSSR count). The number of carbonyl (C=O) groups excluding carboxylic acids is 1. The van der Waals surface area contributed by atoms with Gasteiger partial charge in [0.25, 0.3) is 5.91 Å². The third-order valence-corrected chi connectivity index (χ3v) is 3.14. The molecule has 5 nitrogen and oxygen atoms in total. The van der Waals surface area contributed by atoms with E-state index in [0.29, 0.717) is 15.8 Å². The Hall–Kier alpha value is -2.21. The summed E-state index contributed by atoms with van der Waals surface area (Å²) in [5.41, 5.74) is 6.98. The smallest absolute Gasteiger partial charge is 0.255 e. The summed E-state index contributed by atoms with van der Waals surface area (Å²) in [4.78, 5) is 12.0. The van der Waals surface area contributed by atoms with Gasteiger partial charge in [0.1, 0.15) is 0 Å². The number of hydrogen-bond donors (Lipinski definition) is 4. The van der Waals surface area contributed by atoms with Crippen LogP contribution < -0.4 is 11.1 Å². The van der Waals surface area contributed by atoms with Crippen molar-refractivity contribution in [1.82, 2.24) is 0 Å². The van der Waals surface area contributed by atoms with Gasteiger partial charge in [0, 0.05) is 15.7 Å². The van der Waals surface area contributed by atoms with E-state index in [1.807, 2.05) is 0 Å². The summed E-state index contributed by atoms with van der Waals surface area (Å²) in [6.07, 6.45) is 0. The molecular weight excluding hydrogens is 312 g/mol. The normalized spacial score (nSPS) is 10.2. The third kappa shape index (κ3) is 2.97. The Morgan fingerprint density at radius 1 is 1.11 bits per heavy atom. The predicted octanol–water partition coefficient (Wildman–Crippen LogP) is 2.69. The van der Waals surface area contributed by atoms with Crippen LogP contribution in [0.1, 0.15) is 10.4 Å². The van der Waals surface area contributed by atoms with Crippen molar-refractivity contribution in [2.75, 3.05) is 11.1 Å². The number of amides is 1. The lowest BCUT2D eigenvalue weighted by atomic mass is 10.2. The first kappa shape index (κ1) is 13.2. The van der Waals surface area contributed by atoms with E-state index in [9.17, 15) is 15.0 Å². The van der Waals surface area contributed by atoms with Crippen molar-refractivity contribution in [2.24, 2.45) is 0 Å². The molecule has 19 heavy (non-hydrogen) atoms. The maximum absolute atomic E-state index is 12.0. The van der Waals surface area contributed by atoms with Gasteiger partial charge < -0.3 is 21.3 Å². The van der Waals surface area contributed by atoms with Crippen LogP contribution in [-0.2, 0) is 0 Å². The quantitative estimate of drug-likeness (QED) is 0.505. The number of anilines is 2. The Morgan fingerprint density at radius 2 is 1.84 bits per heavy atom. The van der Waals surface area contributed by atoms with Crippen LogP contribution in [0.4, 0.5) is 11.4 Å². The van der Waals surface area contributed by atoms with E-state index in [4.69, 9.17) is 5.73 Å². The topological polar surface area (TPSA) is 95.6 Å². The second kappa shape index (κ2) is 5.19.